The second-order valence-electron chi connectivity index (χ2n) is 3.85. The summed E-state index contributed by atoms with van der Waals surface area (Å²) in [5, 5.41) is 2.84. The molecule has 1 aromatic carbocycles. The summed E-state index contributed by atoms with van der Waals surface area (Å²) < 4.78 is 19.6. The molecule has 1 aromatic heterocycles. The Morgan fingerprint density at radius 2 is 2.20 bits per heavy atom. The summed E-state index contributed by atoms with van der Waals surface area (Å²) >= 11 is 10.5. The van der Waals surface area contributed by atoms with E-state index in [2.05, 4.69) is 21.2 Å². The van der Waals surface area contributed by atoms with Gasteiger partial charge in [-0.05, 0) is 34.1 Å². The van der Waals surface area contributed by atoms with Crippen molar-refractivity contribution in [3.05, 3.63) is 49.8 Å². The van der Waals surface area contributed by atoms with Gasteiger partial charge >= 0.3 is 5.97 Å². The smallest absolute Gasteiger partial charge is 0.333 e. The zero-order chi connectivity index (χ0) is 14.7. The first-order valence-corrected chi connectivity index (χ1v) is 7.55. The van der Waals surface area contributed by atoms with Crippen molar-refractivity contribution in [1.29, 1.82) is 0 Å². The molecule has 0 aliphatic rings. The highest BCUT2D eigenvalue weighted by molar-refractivity contribution is 9.10. The summed E-state index contributed by atoms with van der Waals surface area (Å²) in [7, 11) is 1.28. The van der Waals surface area contributed by atoms with E-state index < -0.39 is 17.8 Å². The number of nitrogens with one attached hydrogen (secondary N) is 1. The van der Waals surface area contributed by atoms with Crippen LogP contribution in [0, 0.1) is 5.82 Å². The lowest BCUT2D eigenvalue weighted by Crippen LogP contribution is -2.21. The molecule has 1 unspecified atom stereocenters. The molecule has 0 bridgehead atoms. The summed E-state index contributed by atoms with van der Waals surface area (Å²) in [4.78, 5) is 12.5. The molecule has 0 saturated carbocycles. The third-order valence-electron chi connectivity index (χ3n) is 2.56. The molecule has 0 spiro atoms. The Bertz CT molecular complexity index is 615. The molecule has 0 amide bonds. The lowest BCUT2D eigenvalue weighted by molar-refractivity contribution is -0.141. The molecule has 3 nitrogen and oxygen atoms in total. The minimum Gasteiger partial charge on any atom is -0.467 e. The van der Waals surface area contributed by atoms with Crippen LogP contribution < -0.4 is 5.32 Å². The predicted molar refractivity (Wildman–Crippen MR) is 81.8 cm³/mol. The monoisotopic (exact) mass is 377 g/mol. The topological polar surface area (TPSA) is 38.3 Å². The van der Waals surface area contributed by atoms with Crippen LogP contribution in [0.25, 0.3) is 0 Å². The molecule has 106 valence electrons. The van der Waals surface area contributed by atoms with Gasteiger partial charge in [-0.15, -0.1) is 11.3 Å². The molecule has 1 atom stereocenters. The second-order valence-corrected chi connectivity index (χ2v) is 6.39. The number of carbonyl (C=O) groups excluding carboxylic acids is 1. The predicted octanol–water partition coefficient (Wildman–Crippen LogP) is 4.63. The van der Waals surface area contributed by atoms with Crippen LogP contribution in [-0.2, 0) is 9.53 Å². The molecule has 2 aromatic rings. The van der Waals surface area contributed by atoms with Crippen LogP contribution in [0.15, 0.2) is 34.8 Å². The number of hydrogen-bond acceptors (Lipinski definition) is 4. The van der Waals surface area contributed by atoms with E-state index in [-0.39, 0.29) is 5.69 Å². The number of rotatable bonds is 4. The van der Waals surface area contributed by atoms with Gasteiger partial charge in [0, 0.05) is 9.35 Å². The quantitative estimate of drug-likeness (QED) is 0.788. The number of halogens is 3. The maximum absolute atomic E-state index is 13.7. The number of anilines is 1. The first-order chi connectivity index (χ1) is 9.52. The van der Waals surface area contributed by atoms with Crippen LogP contribution in [0.5, 0.6) is 0 Å². The van der Waals surface area contributed by atoms with Crippen LogP contribution >= 0.6 is 38.9 Å². The third kappa shape index (κ3) is 3.31. The molecular weight excluding hydrogens is 369 g/mol. The number of carbonyl (C=O) groups is 1. The number of methoxy groups -OCH3 is 1. The number of para-hydroxylation sites is 1. The SMILES string of the molecule is COC(=O)C(Nc1ccccc1F)c1cc(Br)c(Cl)s1. The highest BCUT2D eigenvalue weighted by Crippen LogP contribution is 2.37. The Kier molecular flexibility index (Phi) is 5.01. The van der Waals surface area contributed by atoms with Crippen molar-refractivity contribution in [2.24, 2.45) is 0 Å². The highest BCUT2D eigenvalue weighted by Gasteiger charge is 2.25. The Morgan fingerprint density at radius 1 is 1.50 bits per heavy atom. The molecule has 1 heterocycles. The summed E-state index contributed by atoms with van der Waals surface area (Å²) in [5.41, 5.74) is 0.226. The van der Waals surface area contributed by atoms with Gasteiger partial charge in [0.25, 0.3) is 0 Å². The van der Waals surface area contributed by atoms with E-state index in [1.807, 2.05) is 0 Å². The average molecular weight is 379 g/mol. The van der Waals surface area contributed by atoms with Gasteiger partial charge in [0.1, 0.15) is 10.2 Å². The fraction of sp³-hybridized carbons (Fsp3) is 0.154. The van der Waals surface area contributed by atoms with Gasteiger partial charge in [-0.3, -0.25) is 0 Å². The van der Waals surface area contributed by atoms with Crippen LogP contribution in [0.1, 0.15) is 10.9 Å². The van der Waals surface area contributed by atoms with E-state index >= 15 is 0 Å². The Hall–Kier alpha value is -1.11. The van der Waals surface area contributed by atoms with Crippen LogP contribution in [-0.4, -0.2) is 13.1 Å². The van der Waals surface area contributed by atoms with Crippen LogP contribution in [0.3, 0.4) is 0 Å². The Labute approximate surface area is 132 Å². The van der Waals surface area contributed by atoms with E-state index in [9.17, 15) is 9.18 Å². The number of thiophene rings is 1. The normalized spacial score (nSPS) is 12.0. The molecule has 0 fully saturated rings. The van der Waals surface area contributed by atoms with Crippen LogP contribution in [0.4, 0.5) is 10.1 Å². The summed E-state index contributed by atoms with van der Waals surface area (Å²) in [5.74, 6) is -0.957. The van der Waals surface area contributed by atoms with Gasteiger partial charge in [-0.2, -0.15) is 0 Å². The average Bonchev–Trinajstić information content (AvgIpc) is 2.76. The van der Waals surface area contributed by atoms with E-state index in [4.69, 9.17) is 16.3 Å². The molecule has 0 radical (unpaired) electrons. The molecular formula is C13H10BrClFNO2S. The summed E-state index contributed by atoms with van der Waals surface area (Å²) in [6, 6.07) is 7.01. The molecule has 7 heteroatoms. The standard InChI is InChI=1S/C13H10BrClFNO2S/c1-19-13(18)11(10-6-7(14)12(15)20-10)17-9-5-3-2-4-8(9)16/h2-6,11,17H,1H3. The van der Waals surface area contributed by atoms with Crippen molar-refractivity contribution in [2.45, 2.75) is 6.04 Å². The van der Waals surface area contributed by atoms with Crippen molar-refractivity contribution in [3.8, 4) is 0 Å². The lowest BCUT2D eigenvalue weighted by Gasteiger charge is -2.16. The maximum atomic E-state index is 13.7. The van der Waals surface area contributed by atoms with Crippen molar-refractivity contribution < 1.29 is 13.9 Å². The molecule has 2 rings (SSSR count). The van der Waals surface area contributed by atoms with Gasteiger partial charge in [-0.1, -0.05) is 23.7 Å². The van der Waals surface area contributed by atoms with E-state index in [0.29, 0.717) is 13.7 Å². The molecule has 0 aliphatic heterocycles. The molecule has 1 N–H and O–H groups in total. The third-order valence-corrected chi connectivity index (χ3v) is 5.10. The van der Waals surface area contributed by atoms with Crippen molar-refractivity contribution >= 4 is 50.5 Å². The van der Waals surface area contributed by atoms with Crippen LogP contribution in [0.2, 0.25) is 4.34 Å². The van der Waals surface area contributed by atoms with Gasteiger partial charge in [0.05, 0.1) is 12.8 Å². The highest BCUT2D eigenvalue weighted by atomic mass is 79.9. The molecule has 0 aliphatic carbocycles. The number of hydrogen-bond donors (Lipinski definition) is 1. The minimum atomic E-state index is -0.814. The summed E-state index contributed by atoms with van der Waals surface area (Å²) in [6.45, 7) is 0. The number of esters is 1. The maximum Gasteiger partial charge on any atom is 0.333 e. The Balaban J connectivity index is 2.34. The zero-order valence-corrected chi connectivity index (χ0v) is 13.5. The number of ether oxygens (including phenoxy) is 1. The lowest BCUT2D eigenvalue weighted by atomic mass is 10.2. The van der Waals surface area contributed by atoms with E-state index in [0.717, 1.165) is 0 Å². The van der Waals surface area contributed by atoms with Crippen molar-refractivity contribution in [1.82, 2.24) is 0 Å². The van der Waals surface area contributed by atoms with Gasteiger partial charge < -0.3 is 10.1 Å². The molecule has 20 heavy (non-hydrogen) atoms. The zero-order valence-electron chi connectivity index (χ0n) is 10.3. The first kappa shape index (κ1) is 15.3. The molecule has 0 saturated heterocycles. The minimum absolute atomic E-state index is 0.226. The van der Waals surface area contributed by atoms with Gasteiger partial charge in [0.2, 0.25) is 0 Å². The van der Waals surface area contributed by atoms with Crippen molar-refractivity contribution in [3.63, 3.8) is 0 Å². The largest absolute Gasteiger partial charge is 0.467 e. The van der Waals surface area contributed by atoms with E-state index in [1.165, 1.54) is 24.5 Å². The summed E-state index contributed by atoms with van der Waals surface area (Å²) in [6.07, 6.45) is 0. The van der Waals surface area contributed by atoms with Gasteiger partial charge in [-0.25, -0.2) is 9.18 Å². The Morgan fingerprint density at radius 3 is 2.75 bits per heavy atom. The van der Waals surface area contributed by atoms with Crippen molar-refractivity contribution in [2.75, 3.05) is 12.4 Å². The fourth-order valence-electron chi connectivity index (χ4n) is 1.60. The van der Waals surface area contributed by atoms with E-state index in [1.54, 1.807) is 24.3 Å². The second kappa shape index (κ2) is 6.56. The number of benzene rings is 1. The van der Waals surface area contributed by atoms with Gasteiger partial charge in [0.15, 0.2) is 6.04 Å². The fourth-order valence-corrected chi connectivity index (χ4v) is 3.38. The first-order valence-electron chi connectivity index (χ1n) is 5.56.